The first-order valence-corrected chi connectivity index (χ1v) is 9.17. The first-order chi connectivity index (χ1) is 13.2. The first-order valence-electron chi connectivity index (χ1n) is 8.79. The predicted molar refractivity (Wildman–Crippen MR) is 90.4 cm³/mol. The maximum atomic E-state index is 6.13. The first kappa shape index (κ1) is 17.8. The topological polar surface area (TPSA) is 87.6 Å². The van der Waals surface area contributed by atoms with Crippen molar-refractivity contribution in [2.75, 3.05) is 66.6 Å². The van der Waals surface area contributed by atoms with Crippen molar-refractivity contribution in [2.45, 2.75) is 11.1 Å². The molecule has 1 aromatic rings. The standard InChI is InChI=1S/C16H21ClN4O6/c17-12-1-13(26-6-15-2-22-8-20(15)9-23-3-15)19-14(18-12)27-7-16-4-24-10-21(16)11-25-5-16/h1H,2-11H2. The molecule has 4 saturated heterocycles. The number of hydrogen-bond acceptors (Lipinski definition) is 10. The number of ether oxygens (including phenoxy) is 6. The third kappa shape index (κ3) is 3.25. The minimum Gasteiger partial charge on any atom is -0.475 e. The van der Waals surface area contributed by atoms with Gasteiger partial charge in [-0.25, -0.2) is 9.80 Å². The van der Waals surface area contributed by atoms with Crippen LogP contribution in [0.15, 0.2) is 6.07 Å². The average molecular weight is 401 g/mol. The van der Waals surface area contributed by atoms with Crippen molar-refractivity contribution in [3.63, 3.8) is 0 Å². The molecule has 0 aromatic carbocycles. The van der Waals surface area contributed by atoms with Crippen LogP contribution < -0.4 is 9.47 Å². The molecule has 10 nitrogen and oxygen atoms in total. The molecule has 0 unspecified atom stereocenters. The molecular formula is C16H21ClN4O6. The van der Waals surface area contributed by atoms with Crippen molar-refractivity contribution in [1.29, 1.82) is 0 Å². The largest absolute Gasteiger partial charge is 0.475 e. The average Bonchev–Trinajstić information content (AvgIpc) is 3.37. The Hall–Kier alpha value is -1.27. The van der Waals surface area contributed by atoms with Gasteiger partial charge >= 0.3 is 6.01 Å². The van der Waals surface area contributed by atoms with Crippen LogP contribution in [0.1, 0.15) is 0 Å². The Labute approximate surface area is 161 Å². The lowest BCUT2D eigenvalue weighted by Gasteiger charge is -2.27. The van der Waals surface area contributed by atoms with E-state index in [2.05, 4.69) is 19.8 Å². The van der Waals surface area contributed by atoms with Gasteiger partial charge in [0.2, 0.25) is 5.88 Å². The zero-order valence-corrected chi connectivity index (χ0v) is 15.5. The highest BCUT2D eigenvalue weighted by Gasteiger charge is 2.48. The maximum absolute atomic E-state index is 6.13. The molecule has 0 aliphatic carbocycles. The molecule has 0 bridgehead atoms. The van der Waals surface area contributed by atoms with Crippen LogP contribution in [0.3, 0.4) is 0 Å². The van der Waals surface area contributed by atoms with Gasteiger partial charge in [-0.2, -0.15) is 9.97 Å². The van der Waals surface area contributed by atoms with E-state index in [4.69, 9.17) is 40.0 Å². The van der Waals surface area contributed by atoms with Gasteiger partial charge in [-0.15, -0.1) is 0 Å². The van der Waals surface area contributed by atoms with E-state index < -0.39 is 0 Å². The summed E-state index contributed by atoms with van der Waals surface area (Å²) in [6, 6.07) is 1.74. The molecule has 0 spiro atoms. The summed E-state index contributed by atoms with van der Waals surface area (Å²) in [5, 5.41) is 0.259. The summed E-state index contributed by atoms with van der Waals surface area (Å²) in [5.74, 6) is 0.359. The highest BCUT2D eigenvalue weighted by molar-refractivity contribution is 6.29. The second-order valence-corrected chi connectivity index (χ2v) is 7.71. The van der Waals surface area contributed by atoms with Gasteiger partial charge < -0.3 is 28.4 Å². The van der Waals surface area contributed by atoms with Gasteiger partial charge in [0, 0.05) is 6.07 Å². The number of aromatic nitrogens is 2. The van der Waals surface area contributed by atoms with E-state index in [0.29, 0.717) is 72.4 Å². The highest BCUT2D eigenvalue weighted by Crippen LogP contribution is 2.31. The fourth-order valence-electron chi connectivity index (χ4n) is 3.73. The van der Waals surface area contributed by atoms with Gasteiger partial charge in [-0.1, -0.05) is 11.6 Å². The quantitative estimate of drug-likeness (QED) is 0.604. The normalized spacial score (nSPS) is 26.3. The molecule has 4 aliphatic heterocycles. The predicted octanol–water partition coefficient (Wildman–Crippen LogP) is -0.0800. The number of halogens is 1. The van der Waals surface area contributed by atoms with E-state index in [0.717, 1.165) is 0 Å². The lowest BCUT2D eigenvalue weighted by Crippen LogP contribution is -2.48. The summed E-state index contributed by atoms with van der Waals surface area (Å²) in [7, 11) is 0. The van der Waals surface area contributed by atoms with Crippen LogP contribution in [-0.2, 0) is 18.9 Å². The smallest absolute Gasteiger partial charge is 0.321 e. The van der Waals surface area contributed by atoms with E-state index in [1.165, 1.54) is 0 Å². The molecule has 4 aliphatic rings. The molecule has 0 radical (unpaired) electrons. The van der Waals surface area contributed by atoms with Crippen molar-refractivity contribution in [1.82, 2.24) is 19.8 Å². The third-order valence-electron chi connectivity index (χ3n) is 5.42. The van der Waals surface area contributed by atoms with Crippen LogP contribution in [0, 0.1) is 0 Å². The van der Waals surface area contributed by atoms with Gasteiger partial charge in [0.1, 0.15) is 56.4 Å². The number of nitrogens with zero attached hydrogens (tertiary/aromatic N) is 4. The van der Waals surface area contributed by atoms with Crippen LogP contribution in [0.25, 0.3) is 0 Å². The van der Waals surface area contributed by atoms with Crippen LogP contribution >= 0.6 is 11.6 Å². The van der Waals surface area contributed by atoms with Gasteiger partial charge in [-0.05, 0) is 0 Å². The fourth-order valence-corrected chi connectivity index (χ4v) is 3.89. The third-order valence-corrected chi connectivity index (χ3v) is 5.62. The molecule has 4 fully saturated rings. The van der Waals surface area contributed by atoms with Crippen molar-refractivity contribution in [3.05, 3.63) is 11.2 Å². The van der Waals surface area contributed by atoms with E-state index in [9.17, 15) is 0 Å². The van der Waals surface area contributed by atoms with Crippen LogP contribution in [0.2, 0.25) is 5.15 Å². The van der Waals surface area contributed by atoms with E-state index in [-0.39, 0.29) is 22.2 Å². The van der Waals surface area contributed by atoms with Crippen LogP contribution in [-0.4, -0.2) is 97.4 Å². The Morgan fingerprint density at radius 3 is 1.93 bits per heavy atom. The molecule has 27 heavy (non-hydrogen) atoms. The number of fused-ring (bicyclic) bond motifs is 2. The molecule has 5 rings (SSSR count). The molecule has 1 aromatic heterocycles. The van der Waals surface area contributed by atoms with Crippen molar-refractivity contribution in [3.8, 4) is 11.9 Å². The Morgan fingerprint density at radius 2 is 1.37 bits per heavy atom. The fraction of sp³-hybridized carbons (Fsp3) is 0.750. The maximum Gasteiger partial charge on any atom is 0.321 e. The molecule has 0 N–H and O–H groups in total. The van der Waals surface area contributed by atoms with Gasteiger partial charge in [0.15, 0.2) is 0 Å². The molecular weight excluding hydrogens is 380 g/mol. The second kappa shape index (κ2) is 6.96. The highest BCUT2D eigenvalue weighted by atomic mass is 35.5. The van der Waals surface area contributed by atoms with E-state index >= 15 is 0 Å². The van der Waals surface area contributed by atoms with Crippen LogP contribution in [0.4, 0.5) is 0 Å². The Balaban J connectivity index is 1.24. The van der Waals surface area contributed by atoms with Crippen LogP contribution in [0.5, 0.6) is 11.9 Å². The lowest BCUT2D eigenvalue weighted by molar-refractivity contribution is 0.0692. The summed E-state index contributed by atoms with van der Waals surface area (Å²) in [5.41, 5.74) is -0.575. The summed E-state index contributed by atoms with van der Waals surface area (Å²) in [6.45, 7) is 5.14. The van der Waals surface area contributed by atoms with Crippen molar-refractivity contribution < 1.29 is 28.4 Å². The summed E-state index contributed by atoms with van der Waals surface area (Å²) in [4.78, 5) is 12.7. The van der Waals surface area contributed by atoms with Crippen molar-refractivity contribution in [2.24, 2.45) is 0 Å². The Kier molecular flexibility index (Phi) is 4.59. The lowest BCUT2D eigenvalue weighted by atomic mass is 10.0. The minimum absolute atomic E-state index is 0.172. The number of rotatable bonds is 6. The Bertz CT molecular complexity index is 635. The zero-order chi connectivity index (χ0) is 18.3. The summed E-state index contributed by atoms with van der Waals surface area (Å²) < 4.78 is 33.9. The van der Waals surface area contributed by atoms with E-state index in [1.807, 2.05) is 0 Å². The van der Waals surface area contributed by atoms with E-state index in [1.54, 1.807) is 6.07 Å². The van der Waals surface area contributed by atoms with Gasteiger partial charge in [-0.3, -0.25) is 0 Å². The molecule has 0 amide bonds. The molecule has 11 heteroatoms. The zero-order valence-electron chi connectivity index (χ0n) is 14.8. The second-order valence-electron chi connectivity index (χ2n) is 7.33. The monoisotopic (exact) mass is 400 g/mol. The Morgan fingerprint density at radius 1 is 0.852 bits per heavy atom. The van der Waals surface area contributed by atoms with Crippen molar-refractivity contribution >= 4 is 11.6 Å². The SMILES string of the molecule is Clc1cc(OCC23COCN2COC3)nc(OCC23COCN2COC3)n1. The minimum atomic E-state index is -0.297. The summed E-state index contributed by atoms with van der Waals surface area (Å²) in [6.07, 6.45) is 0. The number of hydrogen-bond donors (Lipinski definition) is 0. The molecule has 0 atom stereocenters. The van der Waals surface area contributed by atoms with Gasteiger partial charge in [0.05, 0.1) is 26.4 Å². The molecule has 148 valence electrons. The van der Waals surface area contributed by atoms with Gasteiger partial charge in [0.25, 0.3) is 0 Å². The summed E-state index contributed by atoms with van der Waals surface area (Å²) >= 11 is 6.13. The molecule has 5 heterocycles. The molecule has 0 saturated carbocycles.